The summed E-state index contributed by atoms with van der Waals surface area (Å²) in [5.74, 6) is -0.00989. The maximum Gasteiger partial charge on any atom is 0.295 e. The van der Waals surface area contributed by atoms with Crippen LogP contribution in [0.15, 0.2) is 52.9 Å². The largest absolute Gasteiger partial charge is 0.322 e. The second-order valence-electron chi connectivity index (χ2n) is 6.15. The fraction of sp³-hybridized carbons (Fsp3) is 0.333. The molecule has 1 aliphatic rings. The molecule has 2 aromatic rings. The van der Waals surface area contributed by atoms with Gasteiger partial charge in [-0.25, -0.2) is 5.43 Å². The minimum atomic E-state index is -0.00989. The predicted octanol–water partition coefficient (Wildman–Crippen LogP) is -0.818. The Morgan fingerprint density at radius 1 is 1.08 bits per heavy atom. The number of hydrogen-bond donors (Lipinski definition) is 3. The SMILES string of the molecule is O=C(C[NH+]1CC[NH+](Cc2ccccc2)CC1)N/N=C\c1cccs1. The second kappa shape index (κ2) is 8.73. The van der Waals surface area contributed by atoms with Crippen molar-refractivity contribution in [3.63, 3.8) is 0 Å². The number of benzene rings is 1. The molecule has 24 heavy (non-hydrogen) atoms. The van der Waals surface area contributed by atoms with Crippen molar-refractivity contribution >= 4 is 23.5 Å². The van der Waals surface area contributed by atoms with Crippen molar-refractivity contribution in [1.29, 1.82) is 0 Å². The summed E-state index contributed by atoms with van der Waals surface area (Å²) in [7, 11) is 0. The van der Waals surface area contributed by atoms with E-state index in [-0.39, 0.29) is 5.91 Å². The van der Waals surface area contributed by atoms with E-state index >= 15 is 0 Å². The van der Waals surface area contributed by atoms with Gasteiger partial charge in [-0.05, 0) is 11.4 Å². The summed E-state index contributed by atoms with van der Waals surface area (Å²) in [6.45, 7) is 5.85. The number of rotatable bonds is 6. The molecule has 6 heteroatoms. The van der Waals surface area contributed by atoms with Gasteiger partial charge in [-0.15, -0.1) is 11.3 Å². The molecule has 126 valence electrons. The third-order valence-corrected chi connectivity index (χ3v) is 5.10. The Morgan fingerprint density at radius 2 is 1.83 bits per heavy atom. The van der Waals surface area contributed by atoms with Gasteiger partial charge in [0.2, 0.25) is 0 Å². The molecule has 5 nitrogen and oxygen atoms in total. The van der Waals surface area contributed by atoms with E-state index < -0.39 is 0 Å². The van der Waals surface area contributed by atoms with E-state index in [0.717, 1.165) is 37.6 Å². The number of carbonyl (C=O) groups excluding carboxylic acids is 1. The first-order chi connectivity index (χ1) is 11.8. The molecule has 1 aromatic carbocycles. The Morgan fingerprint density at radius 3 is 2.54 bits per heavy atom. The van der Waals surface area contributed by atoms with Crippen LogP contribution in [-0.4, -0.2) is 44.8 Å². The molecular formula is C18H24N4OS+2. The number of carbonyl (C=O) groups is 1. The van der Waals surface area contributed by atoms with Gasteiger partial charge in [0.05, 0.1) is 6.21 Å². The van der Waals surface area contributed by atoms with Crippen LogP contribution in [-0.2, 0) is 11.3 Å². The summed E-state index contributed by atoms with van der Waals surface area (Å²) in [6.07, 6.45) is 1.69. The van der Waals surface area contributed by atoms with Crippen LogP contribution in [0, 0.1) is 0 Å². The fourth-order valence-electron chi connectivity index (χ4n) is 2.99. The normalized spacial score (nSPS) is 21.0. The third kappa shape index (κ3) is 5.26. The van der Waals surface area contributed by atoms with Crippen molar-refractivity contribution in [2.75, 3.05) is 32.7 Å². The second-order valence-corrected chi connectivity index (χ2v) is 7.13. The molecule has 0 spiro atoms. The average molecular weight is 344 g/mol. The molecule has 3 N–H and O–H groups in total. The smallest absolute Gasteiger partial charge is 0.295 e. The van der Waals surface area contributed by atoms with E-state index in [1.165, 1.54) is 10.5 Å². The van der Waals surface area contributed by atoms with E-state index in [4.69, 9.17) is 0 Å². The number of nitrogens with zero attached hydrogens (tertiary/aromatic N) is 1. The summed E-state index contributed by atoms with van der Waals surface area (Å²) in [6, 6.07) is 14.6. The lowest BCUT2D eigenvalue weighted by molar-refractivity contribution is -1.02. The fourth-order valence-corrected chi connectivity index (χ4v) is 3.58. The lowest BCUT2D eigenvalue weighted by Crippen LogP contribution is -3.28. The Bertz CT molecular complexity index is 649. The molecule has 1 amide bonds. The van der Waals surface area contributed by atoms with Gasteiger partial charge >= 0.3 is 0 Å². The molecule has 0 aliphatic carbocycles. The number of quaternary nitrogens is 2. The van der Waals surface area contributed by atoms with E-state index in [1.54, 1.807) is 22.5 Å². The number of hydrogen-bond acceptors (Lipinski definition) is 3. The summed E-state index contributed by atoms with van der Waals surface area (Å²) in [5, 5.41) is 6.01. The zero-order chi connectivity index (χ0) is 16.6. The summed E-state index contributed by atoms with van der Waals surface area (Å²) in [5.41, 5.74) is 4.01. The van der Waals surface area contributed by atoms with E-state index in [9.17, 15) is 4.79 Å². The Balaban J connectivity index is 1.36. The third-order valence-electron chi connectivity index (χ3n) is 4.30. The number of thiophene rings is 1. The molecular weight excluding hydrogens is 320 g/mol. The van der Waals surface area contributed by atoms with Crippen LogP contribution in [0.1, 0.15) is 10.4 Å². The molecule has 0 saturated carbocycles. The van der Waals surface area contributed by atoms with Crippen LogP contribution in [0.3, 0.4) is 0 Å². The minimum absolute atomic E-state index is 0.00989. The highest BCUT2D eigenvalue weighted by atomic mass is 32.1. The van der Waals surface area contributed by atoms with Gasteiger partial charge in [-0.1, -0.05) is 36.4 Å². The van der Waals surface area contributed by atoms with Gasteiger partial charge in [0.15, 0.2) is 6.54 Å². The average Bonchev–Trinajstić information content (AvgIpc) is 3.11. The van der Waals surface area contributed by atoms with Gasteiger partial charge < -0.3 is 9.80 Å². The lowest BCUT2D eigenvalue weighted by atomic mass is 10.2. The summed E-state index contributed by atoms with van der Waals surface area (Å²) in [4.78, 5) is 15.9. The maximum atomic E-state index is 12.0. The predicted molar refractivity (Wildman–Crippen MR) is 96.5 cm³/mol. The molecule has 2 heterocycles. The highest BCUT2D eigenvalue weighted by Crippen LogP contribution is 2.03. The lowest BCUT2D eigenvalue weighted by Gasteiger charge is -2.29. The first-order valence-electron chi connectivity index (χ1n) is 8.36. The standard InChI is InChI=1S/C18H22N4OS/c23-18(20-19-13-17-7-4-12-24-17)15-22-10-8-21(9-11-22)14-16-5-2-1-3-6-16/h1-7,12-13H,8-11,14-15H2,(H,20,23)/p+2/b19-13-. The Kier molecular flexibility index (Phi) is 6.12. The van der Waals surface area contributed by atoms with E-state index in [0.29, 0.717) is 6.54 Å². The quantitative estimate of drug-likeness (QED) is 0.466. The molecule has 0 bridgehead atoms. The maximum absolute atomic E-state index is 12.0. The van der Waals surface area contributed by atoms with Crippen LogP contribution in [0.25, 0.3) is 0 Å². The first-order valence-corrected chi connectivity index (χ1v) is 9.24. The van der Waals surface area contributed by atoms with Crippen molar-refractivity contribution < 1.29 is 14.6 Å². The van der Waals surface area contributed by atoms with Crippen LogP contribution in [0.4, 0.5) is 0 Å². The zero-order valence-electron chi connectivity index (χ0n) is 13.7. The topological polar surface area (TPSA) is 50.3 Å². The summed E-state index contributed by atoms with van der Waals surface area (Å²) >= 11 is 1.60. The first kappa shape index (κ1) is 16.8. The van der Waals surface area contributed by atoms with Gasteiger partial charge in [-0.3, -0.25) is 4.79 Å². The number of amides is 1. The number of hydrazone groups is 1. The van der Waals surface area contributed by atoms with Crippen LogP contribution in [0.5, 0.6) is 0 Å². The van der Waals surface area contributed by atoms with Gasteiger partial charge in [-0.2, -0.15) is 5.10 Å². The summed E-state index contributed by atoms with van der Waals surface area (Å²) < 4.78 is 0. The highest BCUT2D eigenvalue weighted by molar-refractivity contribution is 7.11. The molecule has 0 atom stereocenters. The molecule has 3 rings (SSSR count). The van der Waals surface area contributed by atoms with Crippen molar-refractivity contribution in [2.24, 2.45) is 5.10 Å². The highest BCUT2D eigenvalue weighted by Gasteiger charge is 2.24. The van der Waals surface area contributed by atoms with Gasteiger partial charge in [0.1, 0.15) is 32.7 Å². The number of nitrogens with one attached hydrogen (secondary N) is 3. The molecule has 1 aliphatic heterocycles. The Hall–Kier alpha value is -2.02. The monoisotopic (exact) mass is 344 g/mol. The molecule has 0 radical (unpaired) electrons. The van der Waals surface area contributed by atoms with E-state index in [1.807, 2.05) is 17.5 Å². The van der Waals surface area contributed by atoms with Crippen molar-refractivity contribution in [1.82, 2.24) is 5.43 Å². The van der Waals surface area contributed by atoms with Crippen molar-refractivity contribution in [3.05, 3.63) is 58.3 Å². The van der Waals surface area contributed by atoms with Crippen LogP contribution in [0.2, 0.25) is 0 Å². The van der Waals surface area contributed by atoms with Crippen LogP contribution >= 0.6 is 11.3 Å². The minimum Gasteiger partial charge on any atom is -0.322 e. The van der Waals surface area contributed by atoms with Gasteiger partial charge in [0, 0.05) is 10.4 Å². The molecule has 1 fully saturated rings. The van der Waals surface area contributed by atoms with Crippen molar-refractivity contribution in [2.45, 2.75) is 6.54 Å². The Labute approximate surface area is 146 Å². The van der Waals surface area contributed by atoms with Crippen LogP contribution < -0.4 is 15.2 Å². The molecule has 1 saturated heterocycles. The van der Waals surface area contributed by atoms with Crippen molar-refractivity contribution in [3.8, 4) is 0 Å². The zero-order valence-corrected chi connectivity index (χ0v) is 14.5. The van der Waals surface area contributed by atoms with Gasteiger partial charge in [0.25, 0.3) is 5.91 Å². The van der Waals surface area contributed by atoms with E-state index in [2.05, 4.69) is 40.9 Å². The number of piperazine rings is 1. The molecule has 0 unspecified atom stereocenters. The molecule has 1 aromatic heterocycles.